The quantitative estimate of drug-likeness (QED) is 0.615. The Morgan fingerprint density at radius 3 is 2.74 bits per heavy atom. The molecule has 0 saturated heterocycles. The number of nitrogens with zero attached hydrogens (tertiary/aromatic N) is 4. The third-order valence-corrected chi connectivity index (χ3v) is 5.36. The molecule has 1 aliphatic rings. The number of halogens is 1. The van der Waals surface area contributed by atoms with Gasteiger partial charge in [0.1, 0.15) is 17.2 Å². The summed E-state index contributed by atoms with van der Waals surface area (Å²) in [6.45, 7) is 1.65. The minimum absolute atomic E-state index is 0.00688. The molecule has 2 aromatic heterocycles. The van der Waals surface area contributed by atoms with Gasteiger partial charge in [-0.15, -0.1) is 0 Å². The highest BCUT2D eigenvalue weighted by Gasteiger charge is 2.38. The van der Waals surface area contributed by atoms with Gasteiger partial charge in [-0.3, -0.25) is 19.5 Å². The van der Waals surface area contributed by atoms with E-state index < -0.39 is 11.4 Å². The molecular weight excluding hydrogens is 399 g/mol. The van der Waals surface area contributed by atoms with Gasteiger partial charge in [-0.25, -0.2) is 14.4 Å². The average Bonchev–Trinajstić information content (AvgIpc) is 3.28. The fraction of sp³-hybridized carbons (Fsp3) is 0.227. The fourth-order valence-electron chi connectivity index (χ4n) is 3.54. The van der Waals surface area contributed by atoms with Crippen LogP contribution in [0.4, 0.5) is 4.39 Å². The molecular formula is C22H21FN6O2. The fourth-order valence-corrected chi connectivity index (χ4v) is 3.54. The smallest absolute Gasteiger partial charge is 0.231 e. The molecule has 0 spiro atoms. The van der Waals surface area contributed by atoms with Gasteiger partial charge in [-0.1, -0.05) is 6.07 Å². The molecule has 0 fully saturated rings. The molecule has 158 valence electrons. The summed E-state index contributed by atoms with van der Waals surface area (Å²) < 4.78 is 14.6. The number of nitrogens with two attached hydrogens (primary N) is 1. The highest BCUT2D eigenvalue weighted by atomic mass is 19.1. The van der Waals surface area contributed by atoms with Gasteiger partial charge < -0.3 is 10.7 Å². The summed E-state index contributed by atoms with van der Waals surface area (Å²) in [6, 6.07) is 8.07. The first-order valence-corrected chi connectivity index (χ1v) is 9.66. The van der Waals surface area contributed by atoms with Crippen molar-refractivity contribution >= 4 is 17.6 Å². The van der Waals surface area contributed by atoms with Crippen LogP contribution in [-0.2, 0) is 16.8 Å². The second-order valence-electron chi connectivity index (χ2n) is 7.66. The topological polar surface area (TPSA) is 117 Å². The summed E-state index contributed by atoms with van der Waals surface area (Å²) in [5.74, 6) is -0.996. The van der Waals surface area contributed by atoms with Crippen molar-refractivity contribution < 1.29 is 14.0 Å². The van der Waals surface area contributed by atoms with Crippen molar-refractivity contribution in [3.63, 3.8) is 0 Å². The van der Waals surface area contributed by atoms with E-state index in [1.165, 1.54) is 36.5 Å². The van der Waals surface area contributed by atoms with Crippen LogP contribution in [0.1, 0.15) is 35.0 Å². The number of hydrogen-bond acceptors (Lipinski definition) is 6. The Hall–Kier alpha value is -3.88. The molecule has 3 N–H and O–H groups in total. The normalized spacial score (nSPS) is 18.7. The maximum absolute atomic E-state index is 14.6. The van der Waals surface area contributed by atoms with Crippen LogP contribution >= 0.6 is 0 Å². The molecule has 8 nitrogen and oxygen atoms in total. The summed E-state index contributed by atoms with van der Waals surface area (Å²) in [7, 11) is 1.52. The van der Waals surface area contributed by atoms with E-state index in [4.69, 9.17) is 5.73 Å². The van der Waals surface area contributed by atoms with Crippen molar-refractivity contribution in [3.05, 3.63) is 71.6 Å². The zero-order valence-electron chi connectivity index (χ0n) is 17.1. The van der Waals surface area contributed by atoms with E-state index in [1.807, 2.05) is 12.1 Å². The van der Waals surface area contributed by atoms with Crippen LogP contribution in [-0.4, -0.2) is 44.5 Å². The molecule has 1 atom stereocenters. The van der Waals surface area contributed by atoms with Crippen molar-refractivity contribution in [1.29, 1.82) is 0 Å². The maximum atomic E-state index is 14.6. The van der Waals surface area contributed by atoms with Gasteiger partial charge in [0.2, 0.25) is 5.91 Å². The Balaban J connectivity index is 1.57. The Kier molecular flexibility index (Phi) is 5.10. The van der Waals surface area contributed by atoms with Gasteiger partial charge in [0.25, 0.3) is 0 Å². The van der Waals surface area contributed by atoms with Gasteiger partial charge >= 0.3 is 0 Å². The third-order valence-electron chi connectivity index (χ3n) is 5.36. The lowest BCUT2D eigenvalue weighted by Gasteiger charge is -2.34. The summed E-state index contributed by atoms with van der Waals surface area (Å²) in [4.78, 5) is 42.0. The van der Waals surface area contributed by atoms with Crippen LogP contribution in [0.3, 0.4) is 0 Å². The Morgan fingerprint density at radius 2 is 2.10 bits per heavy atom. The van der Waals surface area contributed by atoms with Crippen molar-refractivity contribution in [1.82, 2.24) is 19.9 Å². The molecule has 0 radical (unpaired) electrons. The molecule has 1 unspecified atom stereocenters. The first-order chi connectivity index (χ1) is 14.8. The SMILES string of the molecule is CN1C(=O)CC(C)(c2cc(CC(=O)c3cnc(-c4ccc[nH]4)cn3)ccc2F)N=C1N. The summed E-state index contributed by atoms with van der Waals surface area (Å²) in [5.41, 5.74) is 7.13. The number of aromatic amines is 1. The monoisotopic (exact) mass is 420 g/mol. The predicted octanol–water partition coefficient (Wildman–Crippen LogP) is 2.43. The number of nitrogens with one attached hydrogen (secondary N) is 1. The highest BCUT2D eigenvalue weighted by Crippen LogP contribution is 2.35. The molecule has 4 rings (SSSR count). The maximum Gasteiger partial charge on any atom is 0.231 e. The van der Waals surface area contributed by atoms with Crippen molar-refractivity contribution in [3.8, 4) is 11.4 Å². The first kappa shape index (κ1) is 20.4. The number of Topliss-reactive ketones (excluding diaryl/α,β-unsaturated/α-hetero) is 1. The number of aliphatic imine (C=N–C) groups is 1. The van der Waals surface area contributed by atoms with E-state index in [0.717, 1.165) is 5.69 Å². The lowest BCUT2D eigenvalue weighted by Crippen LogP contribution is -2.47. The van der Waals surface area contributed by atoms with Crippen molar-refractivity contribution in [2.24, 2.45) is 10.7 Å². The molecule has 3 heterocycles. The molecule has 9 heteroatoms. The second kappa shape index (κ2) is 7.75. The molecule has 1 amide bonds. The van der Waals surface area contributed by atoms with Crippen LogP contribution < -0.4 is 5.73 Å². The van der Waals surface area contributed by atoms with Crippen LogP contribution in [0.15, 0.2) is 53.9 Å². The van der Waals surface area contributed by atoms with E-state index in [2.05, 4.69) is 19.9 Å². The summed E-state index contributed by atoms with van der Waals surface area (Å²) in [6.07, 6.45) is 4.71. The lowest BCUT2D eigenvalue weighted by molar-refractivity contribution is -0.128. The number of aromatic nitrogens is 3. The number of guanidine groups is 1. The van der Waals surface area contributed by atoms with Gasteiger partial charge in [-0.05, 0) is 36.8 Å². The number of hydrogen-bond donors (Lipinski definition) is 2. The van der Waals surface area contributed by atoms with Gasteiger partial charge in [-0.2, -0.15) is 0 Å². The van der Waals surface area contributed by atoms with Crippen LogP contribution in [0.25, 0.3) is 11.4 Å². The lowest BCUT2D eigenvalue weighted by atomic mass is 9.85. The van der Waals surface area contributed by atoms with E-state index in [0.29, 0.717) is 11.3 Å². The third kappa shape index (κ3) is 3.94. The van der Waals surface area contributed by atoms with Crippen molar-refractivity contribution in [2.75, 3.05) is 7.05 Å². The number of H-pyrrole nitrogens is 1. The molecule has 1 aromatic carbocycles. The van der Waals surface area contributed by atoms with Crippen LogP contribution in [0.2, 0.25) is 0 Å². The molecule has 0 aliphatic carbocycles. The van der Waals surface area contributed by atoms with Gasteiger partial charge in [0.15, 0.2) is 11.7 Å². The number of carbonyl (C=O) groups excluding carboxylic acids is 2. The average molecular weight is 420 g/mol. The zero-order valence-corrected chi connectivity index (χ0v) is 17.1. The predicted molar refractivity (Wildman–Crippen MR) is 113 cm³/mol. The molecule has 1 aliphatic heterocycles. The Labute approximate surface area is 178 Å². The Bertz CT molecular complexity index is 1170. The minimum Gasteiger partial charge on any atom is -0.369 e. The summed E-state index contributed by atoms with van der Waals surface area (Å²) in [5, 5.41) is 0. The van der Waals surface area contributed by atoms with E-state index in [1.54, 1.807) is 19.2 Å². The van der Waals surface area contributed by atoms with Crippen LogP contribution in [0, 0.1) is 5.82 Å². The molecule has 3 aromatic rings. The van der Waals surface area contributed by atoms with Gasteiger partial charge in [0, 0.05) is 25.2 Å². The van der Waals surface area contributed by atoms with E-state index in [-0.39, 0.29) is 41.7 Å². The second-order valence-corrected chi connectivity index (χ2v) is 7.66. The van der Waals surface area contributed by atoms with E-state index in [9.17, 15) is 14.0 Å². The number of amides is 1. The highest BCUT2D eigenvalue weighted by molar-refractivity contribution is 5.99. The van der Waals surface area contributed by atoms with Crippen LogP contribution in [0.5, 0.6) is 0 Å². The van der Waals surface area contributed by atoms with E-state index >= 15 is 0 Å². The standard InChI is InChI=1S/C22H21FN6O2/c1-22(10-20(31)29(2)21(24)28-22)14-8-13(5-6-15(14)23)9-19(30)18-12-26-17(11-27-18)16-4-3-7-25-16/h3-8,11-12,25H,9-10H2,1-2H3,(H2,24,28). The molecule has 0 saturated carbocycles. The summed E-state index contributed by atoms with van der Waals surface area (Å²) >= 11 is 0. The Morgan fingerprint density at radius 1 is 1.29 bits per heavy atom. The number of ketones is 1. The van der Waals surface area contributed by atoms with Gasteiger partial charge in [0.05, 0.1) is 30.0 Å². The largest absolute Gasteiger partial charge is 0.369 e. The molecule has 0 bridgehead atoms. The number of carbonyl (C=O) groups is 2. The minimum atomic E-state index is -1.14. The number of rotatable bonds is 5. The first-order valence-electron chi connectivity index (χ1n) is 9.66. The number of benzene rings is 1. The zero-order chi connectivity index (χ0) is 22.2. The molecule has 31 heavy (non-hydrogen) atoms. The van der Waals surface area contributed by atoms with Crippen molar-refractivity contribution in [2.45, 2.75) is 25.3 Å².